The van der Waals surface area contributed by atoms with Crippen LogP contribution in [-0.4, -0.2) is 15.2 Å². The van der Waals surface area contributed by atoms with E-state index in [1.54, 1.807) is 12.1 Å². The number of phenolic OH excluding ortho intramolecular Hbond substituents is 1. The molecule has 0 amide bonds. The smallest absolute Gasteiger partial charge is 0.261 e. The zero-order valence-electron chi connectivity index (χ0n) is 9.27. The van der Waals surface area contributed by atoms with Crippen LogP contribution in [0.2, 0.25) is 5.02 Å². The van der Waals surface area contributed by atoms with Crippen LogP contribution in [-0.2, 0) is 5.41 Å². The lowest BCUT2D eigenvalue weighted by atomic mass is 10.1. The number of hydrogen-bond donors (Lipinski definition) is 1. The van der Waals surface area contributed by atoms with Crippen LogP contribution in [0.4, 0.5) is 0 Å². The van der Waals surface area contributed by atoms with Crippen molar-refractivity contribution >= 4 is 11.6 Å². The van der Waals surface area contributed by atoms with Crippen LogP contribution in [0.15, 0.2) is 22.7 Å². The summed E-state index contributed by atoms with van der Waals surface area (Å²) in [5, 5.41) is 14.2. The van der Waals surface area contributed by atoms with Crippen LogP contribution >= 0.6 is 11.6 Å². The van der Waals surface area contributed by atoms with Crippen molar-refractivity contribution in [1.82, 2.24) is 10.1 Å². The molecule has 1 aliphatic carbocycles. The topological polar surface area (TPSA) is 59.2 Å². The molecule has 1 aromatic heterocycles. The lowest BCUT2D eigenvalue weighted by Crippen LogP contribution is -2.01. The molecule has 1 N–H and O–H groups in total. The zero-order chi connectivity index (χ0) is 12.0. The van der Waals surface area contributed by atoms with Crippen LogP contribution in [0.3, 0.4) is 0 Å². The van der Waals surface area contributed by atoms with E-state index in [1.165, 1.54) is 6.07 Å². The molecule has 17 heavy (non-hydrogen) atoms. The van der Waals surface area contributed by atoms with E-state index in [2.05, 4.69) is 17.1 Å². The maximum Gasteiger partial charge on any atom is 0.261 e. The van der Waals surface area contributed by atoms with E-state index < -0.39 is 0 Å². The molecule has 1 aliphatic rings. The van der Waals surface area contributed by atoms with Crippen molar-refractivity contribution in [3.63, 3.8) is 0 Å². The molecule has 0 spiro atoms. The summed E-state index contributed by atoms with van der Waals surface area (Å²) in [7, 11) is 0. The van der Waals surface area contributed by atoms with E-state index in [0.717, 1.165) is 12.8 Å². The number of halogens is 1. The summed E-state index contributed by atoms with van der Waals surface area (Å²) in [5.41, 5.74) is 0.524. The van der Waals surface area contributed by atoms with Gasteiger partial charge in [0.1, 0.15) is 5.75 Å². The van der Waals surface area contributed by atoms with Gasteiger partial charge in [0.05, 0.1) is 5.56 Å². The van der Waals surface area contributed by atoms with E-state index >= 15 is 0 Å². The van der Waals surface area contributed by atoms with Crippen LogP contribution in [0.25, 0.3) is 11.5 Å². The minimum atomic E-state index is 0.0515. The molecule has 88 valence electrons. The minimum Gasteiger partial charge on any atom is -0.507 e. The molecule has 0 saturated heterocycles. The summed E-state index contributed by atoms with van der Waals surface area (Å²) in [4.78, 5) is 4.32. The third kappa shape index (κ3) is 1.78. The number of benzene rings is 1. The predicted octanol–water partition coefficient (Wildman–Crippen LogP) is 3.15. The van der Waals surface area contributed by atoms with Gasteiger partial charge < -0.3 is 9.63 Å². The number of aromatic hydroxyl groups is 1. The second-order valence-electron chi connectivity index (χ2n) is 4.65. The summed E-state index contributed by atoms with van der Waals surface area (Å²) in [6, 6.07) is 4.74. The Kier molecular flexibility index (Phi) is 2.16. The van der Waals surface area contributed by atoms with Crippen molar-refractivity contribution in [3.05, 3.63) is 29.0 Å². The molecule has 4 nitrogen and oxygen atoms in total. The van der Waals surface area contributed by atoms with E-state index in [9.17, 15) is 5.11 Å². The Morgan fingerprint density at radius 3 is 2.88 bits per heavy atom. The lowest BCUT2D eigenvalue weighted by Gasteiger charge is -2.00. The average Bonchev–Trinajstić information content (AvgIpc) is 2.88. The molecule has 0 aliphatic heterocycles. The lowest BCUT2D eigenvalue weighted by molar-refractivity contribution is 0.411. The van der Waals surface area contributed by atoms with Crippen LogP contribution in [0, 0.1) is 0 Å². The molecule has 0 unspecified atom stereocenters. The Balaban J connectivity index is 2.03. The van der Waals surface area contributed by atoms with Gasteiger partial charge in [-0.3, -0.25) is 0 Å². The molecule has 0 atom stereocenters. The van der Waals surface area contributed by atoms with E-state index in [1.807, 2.05) is 0 Å². The molecule has 1 fully saturated rings. The fourth-order valence-electron chi connectivity index (χ4n) is 1.67. The van der Waals surface area contributed by atoms with Crippen LogP contribution < -0.4 is 0 Å². The van der Waals surface area contributed by atoms with Crippen molar-refractivity contribution in [2.24, 2.45) is 0 Å². The Morgan fingerprint density at radius 2 is 2.18 bits per heavy atom. The fourth-order valence-corrected chi connectivity index (χ4v) is 1.84. The van der Waals surface area contributed by atoms with Gasteiger partial charge in [0, 0.05) is 10.4 Å². The highest BCUT2D eigenvalue weighted by Gasteiger charge is 2.43. The first-order valence-electron chi connectivity index (χ1n) is 5.42. The van der Waals surface area contributed by atoms with Gasteiger partial charge in [-0.2, -0.15) is 4.98 Å². The predicted molar refractivity (Wildman–Crippen MR) is 63.0 cm³/mol. The molecule has 1 aromatic carbocycles. The molecule has 5 heteroatoms. The van der Waals surface area contributed by atoms with Gasteiger partial charge in [0.25, 0.3) is 5.89 Å². The second kappa shape index (κ2) is 3.47. The summed E-state index contributed by atoms with van der Waals surface area (Å²) < 4.78 is 5.17. The third-order valence-electron chi connectivity index (χ3n) is 3.15. The average molecular weight is 251 g/mol. The van der Waals surface area contributed by atoms with Gasteiger partial charge in [-0.1, -0.05) is 23.7 Å². The second-order valence-corrected chi connectivity index (χ2v) is 5.08. The van der Waals surface area contributed by atoms with Crippen molar-refractivity contribution in [1.29, 1.82) is 0 Å². The Bertz CT molecular complexity index is 576. The molecule has 0 bridgehead atoms. The zero-order valence-corrected chi connectivity index (χ0v) is 10.0. The maximum atomic E-state index is 9.73. The van der Waals surface area contributed by atoms with E-state index in [0.29, 0.717) is 22.3 Å². The van der Waals surface area contributed by atoms with Crippen molar-refractivity contribution in [2.45, 2.75) is 25.2 Å². The van der Waals surface area contributed by atoms with E-state index in [4.69, 9.17) is 16.1 Å². The minimum absolute atomic E-state index is 0.0515. The molecule has 0 radical (unpaired) electrons. The van der Waals surface area contributed by atoms with Gasteiger partial charge in [-0.25, -0.2) is 0 Å². The summed E-state index contributed by atoms with van der Waals surface area (Å²) in [6.45, 7) is 2.10. The van der Waals surface area contributed by atoms with Gasteiger partial charge in [0.2, 0.25) is 0 Å². The molecule has 1 heterocycles. The SMILES string of the molecule is CC1(c2noc(-c3cc(Cl)ccc3O)n2)CC1. The standard InChI is InChI=1S/C12H11ClN2O2/c1-12(4-5-12)11-14-10(17-15-11)8-6-7(13)2-3-9(8)16/h2-3,6,16H,4-5H2,1H3. The highest BCUT2D eigenvalue weighted by atomic mass is 35.5. The van der Waals surface area contributed by atoms with Crippen LogP contribution in [0.1, 0.15) is 25.6 Å². The van der Waals surface area contributed by atoms with Crippen molar-refractivity contribution < 1.29 is 9.63 Å². The molecule has 3 rings (SSSR count). The van der Waals surface area contributed by atoms with Gasteiger partial charge in [0.15, 0.2) is 5.82 Å². The van der Waals surface area contributed by atoms with Crippen molar-refractivity contribution in [3.8, 4) is 17.2 Å². The highest BCUT2D eigenvalue weighted by Crippen LogP contribution is 2.46. The highest BCUT2D eigenvalue weighted by molar-refractivity contribution is 6.30. The number of aromatic nitrogens is 2. The summed E-state index contributed by atoms with van der Waals surface area (Å²) >= 11 is 5.87. The molecule has 1 saturated carbocycles. The maximum absolute atomic E-state index is 9.73. The Labute approximate surface area is 103 Å². The number of phenols is 1. The Hall–Kier alpha value is -1.55. The molecular formula is C12H11ClN2O2. The molecular weight excluding hydrogens is 240 g/mol. The van der Waals surface area contributed by atoms with E-state index in [-0.39, 0.29) is 11.2 Å². The van der Waals surface area contributed by atoms with Gasteiger partial charge in [-0.05, 0) is 31.0 Å². The fraction of sp³-hybridized carbons (Fsp3) is 0.333. The van der Waals surface area contributed by atoms with Crippen molar-refractivity contribution in [2.75, 3.05) is 0 Å². The largest absolute Gasteiger partial charge is 0.507 e. The number of nitrogens with zero attached hydrogens (tertiary/aromatic N) is 2. The first-order chi connectivity index (χ1) is 8.08. The third-order valence-corrected chi connectivity index (χ3v) is 3.39. The molecule has 2 aromatic rings. The normalized spacial score (nSPS) is 17.1. The Morgan fingerprint density at radius 1 is 1.41 bits per heavy atom. The van der Waals surface area contributed by atoms with Crippen LogP contribution in [0.5, 0.6) is 5.75 Å². The van der Waals surface area contributed by atoms with Gasteiger partial charge in [-0.15, -0.1) is 0 Å². The monoisotopic (exact) mass is 250 g/mol. The van der Waals surface area contributed by atoms with Gasteiger partial charge >= 0.3 is 0 Å². The quantitative estimate of drug-likeness (QED) is 0.890. The summed E-state index contributed by atoms with van der Waals surface area (Å²) in [5.74, 6) is 1.10. The first-order valence-corrected chi connectivity index (χ1v) is 5.79. The first kappa shape index (κ1) is 10.6. The summed E-state index contributed by atoms with van der Waals surface area (Å²) in [6.07, 6.45) is 2.15. The number of hydrogen-bond acceptors (Lipinski definition) is 4. The number of rotatable bonds is 2.